The molecule has 5 nitrogen and oxygen atoms in total. The number of methoxy groups -OCH3 is 2. The second kappa shape index (κ2) is 7.99. The summed E-state index contributed by atoms with van der Waals surface area (Å²) in [5.41, 5.74) is 3.81. The van der Waals surface area contributed by atoms with Crippen LogP contribution in [0, 0.1) is 0 Å². The van der Waals surface area contributed by atoms with Gasteiger partial charge in [0.2, 0.25) is 0 Å². The fourth-order valence-electron chi connectivity index (χ4n) is 2.09. The number of nitrogens with two attached hydrogens (primary N) is 1. The first kappa shape index (κ1) is 15.8. The van der Waals surface area contributed by atoms with Crippen molar-refractivity contribution in [1.82, 2.24) is 5.43 Å². The second-order valence-electron chi connectivity index (χ2n) is 4.19. The highest BCUT2D eigenvalue weighted by molar-refractivity contribution is 5.40. The maximum Gasteiger partial charge on any atom is 0.122 e. The number of ether oxygens (including phenoxy) is 3. The smallest absolute Gasteiger partial charge is 0.122 e. The molecule has 0 saturated heterocycles. The molecular formula is C14H24N2O3. The number of hydrogen-bond donors (Lipinski definition) is 2. The van der Waals surface area contributed by atoms with Crippen molar-refractivity contribution in [2.45, 2.75) is 32.4 Å². The average molecular weight is 268 g/mol. The normalized spacial score (nSPS) is 13.9. The lowest BCUT2D eigenvalue weighted by molar-refractivity contribution is 0.0313. The van der Waals surface area contributed by atoms with Gasteiger partial charge in [0.25, 0.3) is 0 Å². The molecule has 0 aromatic heterocycles. The number of nitrogens with one attached hydrogen (secondary N) is 1. The van der Waals surface area contributed by atoms with Gasteiger partial charge in [-0.25, -0.2) is 0 Å². The summed E-state index contributed by atoms with van der Waals surface area (Å²) in [7, 11) is 3.26. The minimum atomic E-state index is -0.103. The lowest BCUT2D eigenvalue weighted by Crippen LogP contribution is -2.37. The third kappa shape index (κ3) is 4.09. The van der Waals surface area contributed by atoms with Gasteiger partial charge in [-0.05, 0) is 31.0 Å². The topological polar surface area (TPSA) is 65.7 Å². The van der Waals surface area contributed by atoms with Crippen LogP contribution in [0.4, 0.5) is 0 Å². The van der Waals surface area contributed by atoms with E-state index in [2.05, 4.69) is 12.3 Å². The van der Waals surface area contributed by atoms with E-state index in [0.717, 1.165) is 23.5 Å². The molecule has 3 N–H and O–H groups in total. The zero-order chi connectivity index (χ0) is 14.3. The molecule has 2 atom stereocenters. The third-order valence-corrected chi connectivity index (χ3v) is 3.07. The van der Waals surface area contributed by atoms with E-state index in [9.17, 15) is 0 Å². The zero-order valence-electron chi connectivity index (χ0n) is 12.1. The highest BCUT2D eigenvalue weighted by Crippen LogP contribution is 2.29. The summed E-state index contributed by atoms with van der Waals surface area (Å²) in [4.78, 5) is 0. The van der Waals surface area contributed by atoms with Gasteiger partial charge in [0.1, 0.15) is 11.5 Å². The Hall–Kier alpha value is -1.30. The van der Waals surface area contributed by atoms with Gasteiger partial charge < -0.3 is 14.2 Å². The Balaban J connectivity index is 3.08. The van der Waals surface area contributed by atoms with Gasteiger partial charge in [0, 0.05) is 12.7 Å². The summed E-state index contributed by atoms with van der Waals surface area (Å²) in [5.74, 6) is 7.16. The molecule has 19 heavy (non-hydrogen) atoms. The standard InChI is InChI=1S/C14H24N2O3/c1-5-13(19-6-2)14(16-15)10-7-11(17-3)9-12(8-10)18-4/h7-9,13-14,16H,5-6,15H2,1-4H3. The molecule has 2 unspecified atom stereocenters. The van der Waals surface area contributed by atoms with Crippen LogP contribution in [0.25, 0.3) is 0 Å². The second-order valence-corrected chi connectivity index (χ2v) is 4.19. The van der Waals surface area contributed by atoms with Crippen molar-refractivity contribution in [3.05, 3.63) is 23.8 Å². The van der Waals surface area contributed by atoms with Gasteiger partial charge in [0.15, 0.2) is 0 Å². The molecule has 0 aliphatic carbocycles. The minimum Gasteiger partial charge on any atom is -0.497 e. The SMILES string of the molecule is CCOC(CC)C(NN)c1cc(OC)cc(OC)c1. The van der Waals surface area contributed by atoms with E-state index in [1.807, 2.05) is 25.1 Å². The summed E-state index contributed by atoms with van der Waals surface area (Å²) in [5, 5.41) is 0. The molecular weight excluding hydrogens is 244 g/mol. The lowest BCUT2D eigenvalue weighted by Gasteiger charge is -2.26. The Labute approximate surface area is 115 Å². The summed E-state index contributed by atoms with van der Waals surface area (Å²) in [6.07, 6.45) is 0.870. The van der Waals surface area contributed by atoms with Crippen LogP contribution in [-0.2, 0) is 4.74 Å². The maximum absolute atomic E-state index is 5.72. The molecule has 1 aromatic carbocycles. The number of rotatable bonds is 8. The van der Waals surface area contributed by atoms with E-state index in [4.69, 9.17) is 20.1 Å². The molecule has 0 heterocycles. The van der Waals surface area contributed by atoms with Crippen molar-refractivity contribution < 1.29 is 14.2 Å². The first-order valence-electron chi connectivity index (χ1n) is 6.50. The van der Waals surface area contributed by atoms with Crippen LogP contribution in [0.2, 0.25) is 0 Å². The first-order valence-corrected chi connectivity index (χ1v) is 6.50. The van der Waals surface area contributed by atoms with Crippen molar-refractivity contribution in [3.63, 3.8) is 0 Å². The molecule has 0 aliphatic rings. The Morgan fingerprint density at radius 1 is 1.11 bits per heavy atom. The fraction of sp³-hybridized carbons (Fsp3) is 0.571. The zero-order valence-corrected chi connectivity index (χ0v) is 12.1. The van der Waals surface area contributed by atoms with E-state index in [0.29, 0.717) is 6.61 Å². The third-order valence-electron chi connectivity index (χ3n) is 3.07. The first-order chi connectivity index (χ1) is 9.19. The van der Waals surface area contributed by atoms with E-state index < -0.39 is 0 Å². The molecule has 0 amide bonds. The van der Waals surface area contributed by atoms with Gasteiger partial charge >= 0.3 is 0 Å². The van der Waals surface area contributed by atoms with Crippen molar-refractivity contribution in [3.8, 4) is 11.5 Å². The van der Waals surface area contributed by atoms with Gasteiger partial charge in [-0.15, -0.1) is 0 Å². The van der Waals surface area contributed by atoms with Crippen molar-refractivity contribution in [1.29, 1.82) is 0 Å². The van der Waals surface area contributed by atoms with E-state index in [-0.39, 0.29) is 12.1 Å². The summed E-state index contributed by atoms with van der Waals surface area (Å²) < 4.78 is 16.3. The number of hydrazine groups is 1. The average Bonchev–Trinajstić information content (AvgIpc) is 2.46. The summed E-state index contributed by atoms with van der Waals surface area (Å²) in [6, 6.07) is 5.61. The van der Waals surface area contributed by atoms with Gasteiger partial charge in [-0.1, -0.05) is 6.92 Å². The molecule has 0 fully saturated rings. The molecule has 0 aliphatic heterocycles. The quantitative estimate of drug-likeness (QED) is 0.558. The lowest BCUT2D eigenvalue weighted by atomic mass is 9.99. The summed E-state index contributed by atoms with van der Waals surface area (Å²) in [6.45, 7) is 4.70. The molecule has 108 valence electrons. The van der Waals surface area contributed by atoms with Crippen LogP contribution in [-0.4, -0.2) is 26.9 Å². The van der Waals surface area contributed by atoms with Crippen LogP contribution in [0.3, 0.4) is 0 Å². The Bertz CT molecular complexity index is 363. The predicted octanol–water partition coefficient (Wildman–Crippen LogP) is 2.02. The summed E-state index contributed by atoms with van der Waals surface area (Å²) >= 11 is 0. The van der Waals surface area contributed by atoms with Gasteiger partial charge in [-0.2, -0.15) is 0 Å². The van der Waals surface area contributed by atoms with Crippen molar-refractivity contribution >= 4 is 0 Å². The molecule has 5 heteroatoms. The molecule has 0 spiro atoms. The molecule has 1 rings (SSSR count). The molecule has 0 saturated carbocycles. The number of hydrogen-bond acceptors (Lipinski definition) is 5. The van der Waals surface area contributed by atoms with Crippen LogP contribution in [0.15, 0.2) is 18.2 Å². The molecule has 0 bridgehead atoms. The van der Waals surface area contributed by atoms with E-state index >= 15 is 0 Å². The molecule has 0 radical (unpaired) electrons. The Morgan fingerprint density at radius 3 is 2.05 bits per heavy atom. The highest BCUT2D eigenvalue weighted by atomic mass is 16.5. The van der Waals surface area contributed by atoms with Crippen molar-refractivity contribution in [2.24, 2.45) is 5.84 Å². The fourth-order valence-corrected chi connectivity index (χ4v) is 2.09. The largest absolute Gasteiger partial charge is 0.497 e. The maximum atomic E-state index is 5.72. The van der Waals surface area contributed by atoms with E-state index in [1.54, 1.807) is 14.2 Å². The number of benzene rings is 1. The predicted molar refractivity (Wildman–Crippen MR) is 75.3 cm³/mol. The van der Waals surface area contributed by atoms with Gasteiger partial charge in [-0.3, -0.25) is 11.3 Å². The van der Waals surface area contributed by atoms with E-state index in [1.165, 1.54) is 0 Å². The van der Waals surface area contributed by atoms with Crippen LogP contribution in [0.1, 0.15) is 31.9 Å². The van der Waals surface area contributed by atoms with Crippen LogP contribution in [0.5, 0.6) is 11.5 Å². The molecule has 1 aromatic rings. The Kier molecular flexibility index (Phi) is 6.62. The Morgan fingerprint density at radius 2 is 1.68 bits per heavy atom. The minimum absolute atomic E-state index is 0.00631. The van der Waals surface area contributed by atoms with Crippen LogP contribution < -0.4 is 20.7 Å². The monoisotopic (exact) mass is 268 g/mol. The van der Waals surface area contributed by atoms with Crippen LogP contribution >= 0.6 is 0 Å². The van der Waals surface area contributed by atoms with Crippen molar-refractivity contribution in [2.75, 3.05) is 20.8 Å². The van der Waals surface area contributed by atoms with Gasteiger partial charge in [0.05, 0.1) is 26.4 Å². The highest BCUT2D eigenvalue weighted by Gasteiger charge is 2.22.